The summed E-state index contributed by atoms with van der Waals surface area (Å²) in [6.45, 7) is 1.24. The van der Waals surface area contributed by atoms with Crippen LogP contribution in [0.4, 0.5) is 0 Å². The highest BCUT2D eigenvalue weighted by molar-refractivity contribution is 9.10. The first kappa shape index (κ1) is 9.22. The van der Waals surface area contributed by atoms with Crippen LogP contribution in [0.1, 0.15) is 24.4 Å². The van der Waals surface area contributed by atoms with Crippen LogP contribution in [0.3, 0.4) is 0 Å². The lowest BCUT2D eigenvalue weighted by atomic mass is 10.1. The molecule has 1 heterocycles. The molecule has 1 aromatic carbocycles. The van der Waals surface area contributed by atoms with Crippen LogP contribution in [0.15, 0.2) is 28.7 Å². The predicted octanol–water partition coefficient (Wildman–Crippen LogP) is 3.22. The van der Waals surface area contributed by atoms with Crippen molar-refractivity contribution in [1.29, 1.82) is 0 Å². The summed E-state index contributed by atoms with van der Waals surface area (Å²) < 4.78 is 1.16. The third-order valence-corrected chi connectivity index (χ3v) is 3.30. The number of hydrogen-bond acceptors (Lipinski definition) is 1. The molecule has 2 heteroatoms. The van der Waals surface area contributed by atoms with Gasteiger partial charge in [-0.25, -0.2) is 0 Å². The third-order valence-electron chi connectivity index (χ3n) is 2.78. The van der Waals surface area contributed by atoms with Gasteiger partial charge in [0.15, 0.2) is 0 Å². The van der Waals surface area contributed by atoms with E-state index in [1.54, 1.807) is 0 Å². The van der Waals surface area contributed by atoms with Gasteiger partial charge in [0, 0.05) is 10.5 Å². The molecule has 1 aromatic rings. The van der Waals surface area contributed by atoms with E-state index < -0.39 is 0 Å². The normalized spacial score (nSPS) is 23.7. The van der Waals surface area contributed by atoms with Crippen LogP contribution in [0.2, 0.25) is 0 Å². The van der Waals surface area contributed by atoms with E-state index in [1.807, 2.05) is 0 Å². The van der Waals surface area contributed by atoms with Gasteiger partial charge in [-0.3, -0.25) is 4.90 Å². The molecule has 1 nitrogen and oxygen atoms in total. The highest BCUT2D eigenvalue weighted by Gasteiger charge is 2.21. The van der Waals surface area contributed by atoms with Crippen molar-refractivity contribution in [2.75, 3.05) is 13.6 Å². The Hall–Kier alpha value is -0.340. The number of halogens is 1. The van der Waals surface area contributed by atoms with Crippen molar-refractivity contribution in [3.63, 3.8) is 0 Å². The molecule has 0 aliphatic carbocycles. The molecule has 13 heavy (non-hydrogen) atoms. The van der Waals surface area contributed by atoms with Gasteiger partial charge in [0.25, 0.3) is 0 Å². The Morgan fingerprint density at radius 3 is 2.54 bits per heavy atom. The molecule has 0 radical (unpaired) electrons. The second-order valence-corrected chi connectivity index (χ2v) is 4.61. The molecule has 0 amide bonds. The fraction of sp³-hybridized carbons (Fsp3) is 0.455. The van der Waals surface area contributed by atoms with Gasteiger partial charge in [0.1, 0.15) is 0 Å². The van der Waals surface area contributed by atoms with Crippen molar-refractivity contribution in [1.82, 2.24) is 4.90 Å². The minimum Gasteiger partial charge on any atom is -0.299 e. The molecule has 2 rings (SSSR count). The van der Waals surface area contributed by atoms with Crippen molar-refractivity contribution in [2.45, 2.75) is 18.9 Å². The lowest BCUT2D eigenvalue weighted by Crippen LogP contribution is -2.17. The molecule has 0 unspecified atom stereocenters. The number of nitrogens with zero attached hydrogens (tertiary/aromatic N) is 1. The van der Waals surface area contributed by atoms with E-state index in [4.69, 9.17) is 0 Å². The number of benzene rings is 1. The Kier molecular flexibility index (Phi) is 2.70. The lowest BCUT2D eigenvalue weighted by molar-refractivity contribution is 0.317. The van der Waals surface area contributed by atoms with E-state index in [9.17, 15) is 0 Å². The van der Waals surface area contributed by atoms with Crippen molar-refractivity contribution in [3.8, 4) is 0 Å². The molecule has 1 aliphatic heterocycles. The predicted molar refractivity (Wildman–Crippen MR) is 58.7 cm³/mol. The molecule has 1 saturated heterocycles. The zero-order valence-corrected chi connectivity index (χ0v) is 9.42. The topological polar surface area (TPSA) is 3.24 Å². The second kappa shape index (κ2) is 3.81. The van der Waals surface area contributed by atoms with Crippen LogP contribution in [0.5, 0.6) is 0 Å². The smallest absolute Gasteiger partial charge is 0.0345 e. The fourth-order valence-electron chi connectivity index (χ4n) is 2.02. The van der Waals surface area contributed by atoms with E-state index in [0.29, 0.717) is 6.04 Å². The Labute approximate surface area is 87.9 Å². The Morgan fingerprint density at radius 2 is 2.00 bits per heavy atom. The summed E-state index contributed by atoms with van der Waals surface area (Å²) in [7, 11) is 2.21. The van der Waals surface area contributed by atoms with E-state index in [0.717, 1.165) is 4.47 Å². The summed E-state index contributed by atoms with van der Waals surface area (Å²) in [6.07, 6.45) is 2.63. The lowest BCUT2D eigenvalue weighted by Gasteiger charge is -2.19. The van der Waals surface area contributed by atoms with Crippen LogP contribution in [-0.2, 0) is 0 Å². The maximum absolute atomic E-state index is 3.46. The van der Waals surface area contributed by atoms with Crippen LogP contribution in [0.25, 0.3) is 0 Å². The van der Waals surface area contributed by atoms with Crippen molar-refractivity contribution < 1.29 is 0 Å². The van der Waals surface area contributed by atoms with E-state index in [2.05, 4.69) is 52.1 Å². The largest absolute Gasteiger partial charge is 0.299 e. The first-order valence-electron chi connectivity index (χ1n) is 4.73. The Balaban J connectivity index is 2.20. The fourth-order valence-corrected chi connectivity index (χ4v) is 2.28. The molecule has 0 aromatic heterocycles. The number of hydrogen-bond donors (Lipinski definition) is 0. The molecule has 0 spiro atoms. The van der Waals surface area contributed by atoms with Crippen LogP contribution in [-0.4, -0.2) is 18.5 Å². The van der Waals surface area contributed by atoms with Gasteiger partial charge in [0.05, 0.1) is 0 Å². The van der Waals surface area contributed by atoms with E-state index in [-0.39, 0.29) is 0 Å². The highest BCUT2D eigenvalue weighted by Crippen LogP contribution is 2.30. The van der Waals surface area contributed by atoms with E-state index >= 15 is 0 Å². The maximum atomic E-state index is 3.46. The van der Waals surface area contributed by atoms with Crippen molar-refractivity contribution in [2.24, 2.45) is 0 Å². The molecule has 0 saturated carbocycles. The Bertz CT molecular complexity index is 281. The first-order chi connectivity index (χ1) is 6.27. The van der Waals surface area contributed by atoms with Crippen LogP contribution >= 0.6 is 15.9 Å². The van der Waals surface area contributed by atoms with Crippen LogP contribution in [0, 0.1) is 0 Å². The van der Waals surface area contributed by atoms with Crippen LogP contribution < -0.4 is 0 Å². The number of rotatable bonds is 1. The third kappa shape index (κ3) is 1.94. The van der Waals surface area contributed by atoms with Crippen molar-refractivity contribution >= 4 is 15.9 Å². The van der Waals surface area contributed by atoms with Gasteiger partial charge in [-0.05, 0) is 44.1 Å². The molecular formula is C11H14BrN. The monoisotopic (exact) mass is 239 g/mol. The summed E-state index contributed by atoms with van der Waals surface area (Å²) in [5.74, 6) is 0. The summed E-state index contributed by atoms with van der Waals surface area (Å²) >= 11 is 3.46. The average molecular weight is 240 g/mol. The zero-order valence-electron chi connectivity index (χ0n) is 7.83. The molecule has 1 atom stereocenters. The van der Waals surface area contributed by atoms with Gasteiger partial charge >= 0.3 is 0 Å². The van der Waals surface area contributed by atoms with Gasteiger partial charge in [-0.2, -0.15) is 0 Å². The van der Waals surface area contributed by atoms with Crippen molar-refractivity contribution in [3.05, 3.63) is 34.3 Å². The quantitative estimate of drug-likeness (QED) is 0.728. The first-order valence-corrected chi connectivity index (χ1v) is 5.52. The van der Waals surface area contributed by atoms with Gasteiger partial charge in [-0.1, -0.05) is 28.1 Å². The molecule has 1 fully saturated rings. The standard InChI is InChI=1S/C11H14BrN/c1-13-8-2-3-11(13)9-4-6-10(12)7-5-9/h4-7,11H,2-3,8H2,1H3/t11-/m0/s1. The van der Waals surface area contributed by atoms with Gasteiger partial charge in [-0.15, -0.1) is 0 Å². The highest BCUT2D eigenvalue weighted by atomic mass is 79.9. The molecule has 70 valence electrons. The average Bonchev–Trinajstić information content (AvgIpc) is 2.53. The van der Waals surface area contributed by atoms with E-state index in [1.165, 1.54) is 24.9 Å². The SMILES string of the molecule is CN1CCC[C@H]1c1ccc(Br)cc1. The summed E-state index contributed by atoms with van der Waals surface area (Å²) in [4.78, 5) is 2.43. The minimum atomic E-state index is 0.646. The molecule has 1 aliphatic rings. The summed E-state index contributed by atoms with van der Waals surface area (Å²) in [6, 6.07) is 9.34. The van der Waals surface area contributed by atoms with Gasteiger partial charge in [0.2, 0.25) is 0 Å². The molecule has 0 bridgehead atoms. The number of likely N-dealkylation sites (tertiary alicyclic amines) is 1. The molecular weight excluding hydrogens is 226 g/mol. The maximum Gasteiger partial charge on any atom is 0.0345 e. The Morgan fingerprint density at radius 1 is 1.31 bits per heavy atom. The molecule has 0 N–H and O–H groups in total. The minimum absolute atomic E-state index is 0.646. The second-order valence-electron chi connectivity index (χ2n) is 3.69. The van der Waals surface area contributed by atoms with Gasteiger partial charge < -0.3 is 0 Å². The summed E-state index contributed by atoms with van der Waals surface area (Å²) in [5.41, 5.74) is 1.45. The summed E-state index contributed by atoms with van der Waals surface area (Å²) in [5, 5.41) is 0. The zero-order chi connectivity index (χ0) is 9.26.